The van der Waals surface area contributed by atoms with Crippen LogP contribution in [0.15, 0.2) is 53.0 Å². The summed E-state index contributed by atoms with van der Waals surface area (Å²) >= 11 is 9.08. The van der Waals surface area contributed by atoms with E-state index in [1.54, 1.807) is 36.4 Å². The molecule has 0 unspecified atom stereocenters. The number of benzene rings is 2. The quantitative estimate of drug-likeness (QED) is 0.841. The van der Waals surface area contributed by atoms with Crippen molar-refractivity contribution in [2.24, 2.45) is 0 Å². The Labute approximate surface area is 118 Å². The largest absolute Gasteiger partial charge is 0.298 e. The number of amides is 1. The van der Waals surface area contributed by atoms with Crippen LogP contribution in [-0.4, -0.2) is 5.91 Å². The zero-order valence-electron chi connectivity index (χ0n) is 9.28. The van der Waals surface area contributed by atoms with Crippen LogP contribution in [0.4, 0.5) is 5.69 Å². The minimum absolute atomic E-state index is 0.197. The number of hydrogen-bond acceptors (Lipinski definition) is 2. The van der Waals surface area contributed by atoms with Crippen LogP contribution in [0.2, 0.25) is 5.02 Å². The molecule has 92 valence electrons. The van der Waals surface area contributed by atoms with Gasteiger partial charge in [-0.15, -0.1) is 0 Å². The predicted octanol–water partition coefficient (Wildman–Crippen LogP) is 3.86. The minimum Gasteiger partial charge on any atom is -0.298 e. The summed E-state index contributed by atoms with van der Waals surface area (Å²) in [6.45, 7) is 0. The van der Waals surface area contributed by atoms with E-state index in [0.29, 0.717) is 10.6 Å². The molecule has 0 atom stereocenters. The van der Waals surface area contributed by atoms with E-state index in [0.717, 1.165) is 10.2 Å². The molecule has 3 nitrogen and oxygen atoms in total. The van der Waals surface area contributed by atoms with Gasteiger partial charge in [-0.25, -0.2) is 0 Å². The summed E-state index contributed by atoms with van der Waals surface area (Å²) in [6, 6.07) is 14.2. The number of hydrogen-bond donors (Lipinski definition) is 2. The molecule has 2 N–H and O–H groups in total. The molecule has 0 radical (unpaired) electrons. The highest BCUT2D eigenvalue weighted by Crippen LogP contribution is 2.13. The van der Waals surface area contributed by atoms with E-state index in [1.807, 2.05) is 12.1 Å². The van der Waals surface area contributed by atoms with Crippen molar-refractivity contribution in [1.82, 2.24) is 5.43 Å². The Morgan fingerprint density at radius 2 is 1.61 bits per heavy atom. The van der Waals surface area contributed by atoms with E-state index in [1.165, 1.54) is 0 Å². The Morgan fingerprint density at radius 1 is 1.00 bits per heavy atom. The van der Waals surface area contributed by atoms with Crippen LogP contribution in [0.5, 0.6) is 0 Å². The number of nitrogens with one attached hydrogen (secondary N) is 2. The zero-order chi connectivity index (χ0) is 13.0. The van der Waals surface area contributed by atoms with Crippen LogP contribution in [-0.2, 0) is 0 Å². The third-order valence-corrected chi connectivity index (χ3v) is 3.05. The minimum atomic E-state index is -0.197. The van der Waals surface area contributed by atoms with E-state index >= 15 is 0 Å². The third-order valence-electron chi connectivity index (χ3n) is 2.27. The SMILES string of the molecule is O=C(NNc1ccc(Cl)cc1)c1ccc(Br)cc1. The molecule has 0 spiro atoms. The summed E-state index contributed by atoms with van der Waals surface area (Å²) in [4.78, 5) is 11.8. The van der Waals surface area contributed by atoms with Gasteiger partial charge in [-0.2, -0.15) is 0 Å². The van der Waals surface area contributed by atoms with Crippen LogP contribution in [0.1, 0.15) is 10.4 Å². The average molecular weight is 326 g/mol. The second-order valence-electron chi connectivity index (χ2n) is 3.59. The average Bonchev–Trinajstić information content (AvgIpc) is 2.38. The summed E-state index contributed by atoms with van der Waals surface area (Å²) < 4.78 is 0.935. The van der Waals surface area contributed by atoms with Gasteiger partial charge in [0, 0.05) is 15.1 Å². The first-order valence-electron chi connectivity index (χ1n) is 5.22. The molecule has 0 aromatic heterocycles. The third kappa shape index (κ3) is 3.48. The van der Waals surface area contributed by atoms with Crippen molar-refractivity contribution in [2.75, 3.05) is 5.43 Å². The molecule has 0 bridgehead atoms. The lowest BCUT2D eigenvalue weighted by Crippen LogP contribution is -2.29. The zero-order valence-corrected chi connectivity index (χ0v) is 11.6. The van der Waals surface area contributed by atoms with Gasteiger partial charge in [0.2, 0.25) is 0 Å². The molecule has 5 heteroatoms. The first kappa shape index (κ1) is 12.9. The van der Waals surface area contributed by atoms with Gasteiger partial charge in [0.15, 0.2) is 0 Å². The molecular formula is C13H10BrClN2O. The van der Waals surface area contributed by atoms with Crippen LogP contribution < -0.4 is 10.9 Å². The Bertz CT molecular complexity index is 540. The van der Waals surface area contributed by atoms with Gasteiger partial charge < -0.3 is 0 Å². The van der Waals surface area contributed by atoms with Gasteiger partial charge in [0.1, 0.15) is 0 Å². The Balaban J connectivity index is 1.96. The summed E-state index contributed by atoms with van der Waals surface area (Å²) in [6.07, 6.45) is 0. The molecule has 2 aromatic carbocycles. The number of halogens is 2. The highest BCUT2D eigenvalue weighted by Gasteiger charge is 2.04. The number of rotatable bonds is 3. The van der Waals surface area contributed by atoms with Gasteiger partial charge in [-0.3, -0.25) is 15.6 Å². The van der Waals surface area contributed by atoms with Crippen molar-refractivity contribution in [1.29, 1.82) is 0 Å². The molecule has 0 saturated heterocycles. The predicted molar refractivity (Wildman–Crippen MR) is 76.7 cm³/mol. The fourth-order valence-corrected chi connectivity index (χ4v) is 1.73. The molecule has 0 fully saturated rings. The molecule has 0 heterocycles. The summed E-state index contributed by atoms with van der Waals surface area (Å²) in [5.41, 5.74) is 6.77. The molecule has 2 rings (SSSR count). The fourth-order valence-electron chi connectivity index (χ4n) is 1.34. The highest BCUT2D eigenvalue weighted by atomic mass is 79.9. The molecule has 0 aliphatic heterocycles. The maximum atomic E-state index is 11.8. The monoisotopic (exact) mass is 324 g/mol. The first-order valence-corrected chi connectivity index (χ1v) is 6.40. The summed E-state index contributed by atoms with van der Waals surface area (Å²) in [5.74, 6) is -0.197. The molecular weight excluding hydrogens is 316 g/mol. The van der Waals surface area contributed by atoms with E-state index in [9.17, 15) is 4.79 Å². The molecule has 18 heavy (non-hydrogen) atoms. The van der Waals surface area contributed by atoms with E-state index in [4.69, 9.17) is 11.6 Å². The second-order valence-corrected chi connectivity index (χ2v) is 4.95. The second kappa shape index (κ2) is 5.89. The Hall–Kier alpha value is -1.52. The summed E-state index contributed by atoms with van der Waals surface area (Å²) in [5, 5.41) is 0.653. The lowest BCUT2D eigenvalue weighted by molar-refractivity contribution is 0.0962. The standard InChI is InChI=1S/C13H10BrClN2O/c14-10-3-1-9(2-4-10)13(18)17-16-12-7-5-11(15)6-8-12/h1-8,16H,(H,17,18). The number of carbonyl (C=O) groups is 1. The van der Waals surface area contributed by atoms with Gasteiger partial charge in [0.05, 0.1) is 5.69 Å². The lowest BCUT2D eigenvalue weighted by atomic mass is 10.2. The fraction of sp³-hybridized carbons (Fsp3) is 0. The topological polar surface area (TPSA) is 41.1 Å². The van der Waals surface area contributed by atoms with Gasteiger partial charge in [-0.1, -0.05) is 27.5 Å². The van der Waals surface area contributed by atoms with Crippen molar-refractivity contribution in [2.45, 2.75) is 0 Å². The van der Waals surface area contributed by atoms with Crippen molar-refractivity contribution >= 4 is 39.1 Å². The number of hydrazine groups is 1. The molecule has 0 saturated carbocycles. The number of carbonyl (C=O) groups excluding carboxylic acids is 1. The smallest absolute Gasteiger partial charge is 0.269 e. The van der Waals surface area contributed by atoms with Crippen LogP contribution in [0.3, 0.4) is 0 Å². The molecule has 1 amide bonds. The van der Waals surface area contributed by atoms with Crippen molar-refractivity contribution < 1.29 is 4.79 Å². The normalized spacial score (nSPS) is 9.89. The Morgan fingerprint density at radius 3 is 2.22 bits per heavy atom. The van der Waals surface area contributed by atoms with Crippen molar-refractivity contribution in [3.05, 3.63) is 63.6 Å². The Kier molecular flexibility index (Phi) is 4.23. The summed E-state index contributed by atoms with van der Waals surface area (Å²) in [7, 11) is 0. The maximum absolute atomic E-state index is 11.8. The number of anilines is 1. The van der Waals surface area contributed by atoms with Gasteiger partial charge in [0.25, 0.3) is 5.91 Å². The van der Waals surface area contributed by atoms with Crippen LogP contribution in [0.25, 0.3) is 0 Å². The maximum Gasteiger partial charge on any atom is 0.269 e. The molecule has 0 aliphatic rings. The highest BCUT2D eigenvalue weighted by molar-refractivity contribution is 9.10. The molecule has 0 aliphatic carbocycles. The molecule has 2 aromatic rings. The van der Waals surface area contributed by atoms with Crippen LogP contribution >= 0.6 is 27.5 Å². The van der Waals surface area contributed by atoms with E-state index in [2.05, 4.69) is 26.8 Å². The first-order chi connectivity index (χ1) is 8.65. The van der Waals surface area contributed by atoms with E-state index in [-0.39, 0.29) is 5.91 Å². The van der Waals surface area contributed by atoms with Crippen LogP contribution in [0, 0.1) is 0 Å². The lowest BCUT2D eigenvalue weighted by Gasteiger charge is -2.08. The van der Waals surface area contributed by atoms with Gasteiger partial charge in [-0.05, 0) is 48.5 Å². The van der Waals surface area contributed by atoms with Crippen molar-refractivity contribution in [3.8, 4) is 0 Å². The van der Waals surface area contributed by atoms with E-state index < -0.39 is 0 Å². The van der Waals surface area contributed by atoms with Crippen molar-refractivity contribution in [3.63, 3.8) is 0 Å². The van der Waals surface area contributed by atoms with Gasteiger partial charge >= 0.3 is 0 Å².